The predicted molar refractivity (Wildman–Crippen MR) is 71.9 cm³/mol. The van der Waals surface area contributed by atoms with Crippen molar-refractivity contribution in [3.05, 3.63) is 12.2 Å². The van der Waals surface area contributed by atoms with Gasteiger partial charge in [-0.15, -0.1) is 0 Å². The Labute approximate surface area is 114 Å². The number of ketones is 1. The van der Waals surface area contributed by atoms with Crippen molar-refractivity contribution in [1.29, 1.82) is 0 Å². The molecule has 1 aliphatic heterocycles. The minimum atomic E-state index is -0.579. The van der Waals surface area contributed by atoms with Gasteiger partial charge in [0.25, 0.3) is 0 Å². The van der Waals surface area contributed by atoms with Crippen molar-refractivity contribution in [3.8, 4) is 0 Å². The zero-order chi connectivity index (χ0) is 14.4. The van der Waals surface area contributed by atoms with Crippen LogP contribution in [-0.4, -0.2) is 37.2 Å². The van der Waals surface area contributed by atoms with Gasteiger partial charge in [-0.25, -0.2) is 4.79 Å². The maximum absolute atomic E-state index is 11.9. The van der Waals surface area contributed by atoms with E-state index in [0.29, 0.717) is 31.6 Å². The number of hydrogen-bond acceptors (Lipinski definition) is 4. The number of nitrogens with one attached hydrogen (secondary N) is 1. The quantitative estimate of drug-likeness (QED) is 0.776. The summed E-state index contributed by atoms with van der Waals surface area (Å²) < 4.78 is 10.5. The van der Waals surface area contributed by atoms with Crippen molar-refractivity contribution in [2.45, 2.75) is 45.8 Å². The van der Waals surface area contributed by atoms with Gasteiger partial charge in [0.2, 0.25) is 0 Å². The van der Waals surface area contributed by atoms with Crippen LogP contribution in [0.5, 0.6) is 0 Å². The molecule has 1 aliphatic rings. The summed E-state index contributed by atoms with van der Waals surface area (Å²) in [5, 5.41) is 2.63. The van der Waals surface area contributed by atoms with E-state index in [1.54, 1.807) is 6.92 Å². The van der Waals surface area contributed by atoms with Gasteiger partial charge in [0, 0.05) is 12.8 Å². The Kier molecular flexibility index (Phi) is 6.02. The summed E-state index contributed by atoms with van der Waals surface area (Å²) in [6.07, 6.45) is 0.740. The lowest BCUT2D eigenvalue weighted by Gasteiger charge is -2.25. The molecule has 0 unspecified atom stereocenters. The third kappa shape index (κ3) is 5.03. The first kappa shape index (κ1) is 15.7. The standard InChI is InChI=1S/C14H23NO4/c1-9(2)12(13(16)10(3)4)15-14(17)19-11-5-7-18-8-6-11/h9,11-12H,3,5-8H2,1-2,4H3,(H,15,17)/t12-/m0/s1. The normalized spacial score (nSPS) is 17.9. The van der Waals surface area contributed by atoms with Crippen LogP contribution in [0.3, 0.4) is 0 Å². The Balaban J connectivity index is 2.51. The smallest absolute Gasteiger partial charge is 0.408 e. The van der Waals surface area contributed by atoms with Crippen LogP contribution in [0.25, 0.3) is 0 Å². The second kappa shape index (κ2) is 7.28. The third-order valence-corrected chi connectivity index (χ3v) is 3.09. The summed E-state index contributed by atoms with van der Waals surface area (Å²) in [7, 11) is 0. The molecule has 0 aliphatic carbocycles. The van der Waals surface area contributed by atoms with E-state index in [0.717, 1.165) is 0 Å². The van der Waals surface area contributed by atoms with Gasteiger partial charge in [-0.1, -0.05) is 20.4 Å². The molecule has 0 aromatic rings. The summed E-state index contributed by atoms with van der Waals surface area (Å²) in [5.74, 6) is -0.162. The monoisotopic (exact) mass is 269 g/mol. The van der Waals surface area contributed by atoms with Gasteiger partial charge in [-0.3, -0.25) is 4.79 Å². The molecule has 0 saturated carbocycles. The molecule has 1 amide bonds. The van der Waals surface area contributed by atoms with Crippen molar-refractivity contribution in [3.63, 3.8) is 0 Å². The lowest BCUT2D eigenvalue weighted by Crippen LogP contribution is -2.46. The van der Waals surface area contributed by atoms with Crippen LogP contribution in [-0.2, 0) is 14.3 Å². The molecule has 1 atom stereocenters. The van der Waals surface area contributed by atoms with Crippen molar-refractivity contribution in [2.75, 3.05) is 13.2 Å². The van der Waals surface area contributed by atoms with Gasteiger partial charge in [-0.2, -0.15) is 0 Å². The third-order valence-electron chi connectivity index (χ3n) is 3.09. The van der Waals surface area contributed by atoms with Crippen molar-refractivity contribution >= 4 is 11.9 Å². The molecule has 0 bridgehead atoms. The van der Waals surface area contributed by atoms with Crippen molar-refractivity contribution < 1.29 is 19.1 Å². The Hall–Kier alpha value is -1.36. The Morgan fingerprint density at radius 1 is 1.32 bits per heavy atom. The minimum Gasteiger partial charge on any atom is -0.446 e. The highest BCUT2D eigenvalue weighted by Crippen LogP contribution is 2.12. The first-order valence-corrected chi connectivity index (χ1v) is 6.66. The zero-order valence-corrected chi connectivity index (χ0v) is 11.9. The van der Waals surface area contributed by atoms with E-state index in [9.17, 15) is 9.59 Å². The number of amides is 1. The molecule has 0 aromatic heterocycles. The summed E-state index contributed by atoms with van der Waals surface area (Å²) in [4.78, 5) is 23.7. The highest BCUT2D eigenvalue weighted by Gasteiger charge is 2.26. The van der Waals surface area contributed by atoms with E-state index in [1.165, 1.54) is 0 Å². The molecular weight excluding hydrogens is 246 g/mol. The molecule has 0 spiro atoms. The van der Waals surface area contributed by atoms with Crippen LogP contribution >= 0.6 is 0 Å². The first-order valence-electron chi connectivity index (χ1n) is 6.66. The van der Waals surface area contributed by atoms with Gasteiger partial charge in [0.1, 0.15) is 6.10 Å². The van der Waals surface area contributed by atoms with Crippen molar-refractivity contribution in [1.82, 2.24) is 5.32 Å². The molecule has 5 nitrogen and oxygen atoms in total. The molecule has 108 valence electrons. The second-order valence-electron chi connectivity index (χ2n) is 5.23. The van der Waals surface area contributed by atoms with Crippen LogP contribution in [0.1, 0.15) is 33.6 Å². The largest absolute Gasteiger partial charge is 0.446 e. The van der Waals surface area contributed by atoms with Crippen LogP contribution in [0.4, 0.5) is 4.79 Å². The van der Waals surface area contributed by atoms with Gasteiger partial charge in [0.05, 0.1) is 19.3 Å². The predicted octanol–water partition coefficient (Wildman–Crippen LogP) is 2.06. The lowest BCUT2D eigenvalue weighted by molar-refractivity contribution is -0.118. The number of ether oxygens (including phenoxy) is 2. The SMILES string of the molecule is C=C(C)C(=O)[C@@H](NC(=O)OC1CCOCC1)C(C)C. The van der Waals surface area contributed by atoms with E-state index in [2.05, 4.69) is 11.9 Å². The molecule has 1 saturated heterocycles. The van der Waals surface area contributed by atoms with E-state index in [1.807, 2.05) is 13.8 Å². The van der Waals surface area contributed by atoms with E-state index < -0.39 is 12.1 Å². The Bertz CT molecular complexity index is 345. The fourth-order valence-corrected chi connectivity index (χ4v) is 1.91. The highest BCUT2D eigenvalue weighted by atomic mass is 16.6. The number of hydrogen-bond donors (Lipinski definition) is 1. The van der Waals surface area contributed by atoms with E-state index in [4.69, 9.17) is 9.47 Å². The molecule has 1 N–H and O–H groups in total. The molecule has 19 heavy (non-hydrogen) atoms. The van der Waals surface area contributed by atoms with Gasteiger partial charge < -0.3 is 14.8 Å². The topological polar surface area (TPSA) is 64.6 Å². The minimum absolute atomic E-state index is 0.00793. The average molecular weight is 269 g/mol. The average Bonchev–Trinajstić information content (AvgIpc) is 2.36. The maximum atomic E-state index is 11.9. The number of rotatable bonds is 5. The molecule has 1 rings (SSSR count). The van der Waals surface area contributed by atoms with Gasteiger partial charge in [-0.05, 0) is 18.4 Å². The summed E-state index contributed by atoms with van der Waals surface area (Å²) in [6.45, 7) is 10.2. The Morgan fingerprint density at radius 3 is 2.37 bits per heavy atom. The van der Waals surface area contributed by atoms with Crippen LogP contribution in [0.15, 0.2) is 12.2 Å². The van der Waals surface area contributed by atoms with Gasteiger partial charge in [0.15, 0.2) is 5.78 Å². The van der Waals surface area contributed by atoms with Gasteiger partial charge >= 0.3 is 6.09 Å². The number of carbonyl (C=O) groups excluding carboxylic acids is 2. The molecule has 1 heterocycles. The fourth-order valence-electron chi connectivity index (χ4n) is 1.91. The summed E-state index contributed by atoms with van der Waals surface area (Å²) >= 11 is 0. The molecule has 0 aromatic carbocycles. The van der Waals surface area contributed by atoms with Crippen LogP contribution in [0, 0.1) is 5.92 Å². The number of Topliss-reactive ketones (excluding diaryl/α,β-unsaturated/α-hetero) is 1. The molecule has 0 radical (unpaired) electrons. The molecule has 5 heteroatoms. The Morgan fingerprint density at radius 2 is 1.89 bits per heavy atom. The van der Waals surface area contributed by atoms with Crippen LogP contribution < -0.4 is 5.32 Å². The first-order chi connectivity index (χ1) is 8.91. The fraction of sp³-hybridized carbons (Fsp3) is 0.714. The number of alkyl carbamates (subject to hydrolysis) is 1. The highest BCUT2D eigenvalue weighted by molar-refractivity contribution is 6.00. The van der Waals surface area contributed by atoms with E-state index >= 15 is 0 Å². The van der Waals surface area contributed by atoms with Crippen LogP contribution in [0.2, 0.25) is 0 Å². The zero-order valence-electron chi connectivity index (χ0n) is 11.9. The molecule has 1 fully saturated rings. The van der Waals surface area contributed by atoms with Crippen molar-refractivity contribution in [2.24, 2.45) is 5.92 Å². The van der Waals surface area contributed by atoms with E-state index in [-0.39, 0.29) is 17.8 Å². The maximum Gasteiger partial charge on any atom is 0.408 e. The molecular formula is C14H23NO4. The summed E-state index contributed by atoms with van der Waals surface area (Å²) in [5.41, 5.74) is 0.435. The second-order valence-corrected chi connectivity index (χ2v) is 5.23. The lowest BCUT2D eigenvalue weighted by atomic mass is 9.96. The number of carbonyl (C=O) groups is 2. The summed E-state index contributed by atoms with van der Waals surface area (Å²) in [6, 6.07) is -0.579.